The number of rotatable bonds is 2. The molecule has 2 atom stereocenters. The normalized spacial score (nSPS) is 24.2. The highest BCUT2D eigenvalue weighted by molar-refractivity contribution is 5.25. The van der Waals surface area contributed by atoms with Crippen LogP contribution in [0.5, 0.6) is 0 Å². The molecule has 1 aromatic rings. The van der Waals surface area contributed by atoms with Crippen molar-refractivity contribution in [3.8, 4) is 0 Å². The van der Waals surface area contributed by atoms with Gasteiger partial charge in [-0.05, 0) is 23.8 Å². The Morgan fingerprint density at radius 1 is 1.25 bits per heavy atom. The van der Waals surface area contributed by atoms with Crippen molar-refractivity contribution < 1.29 is 18.3 Å². The molecule has 0 radical (unpaired) electrons. The van der Waals surface area contributed by atoms with Gasteiger partial charge in [-0.15, -0.1) is 0 Å². The largest absolute Gasteiger partial charge is 0.388 e. The van der Waals surface area contributed by atoms with E-state index >= 15 is 0 Å². The van der Waals surface area contributed by atoms with Gasteiger partial charge in [0.05, 0.1) is 6.10 Å². The molecule has 4 heteroatoms. The van der Waals surface area contributed by atoms with Gasteiger partial charge in [-0.1, -0.05) is 19.9 Å². The fourth-order valence-corrected chi connectivity index (χ4v) is 2.03. The summed E-state index contributed by atoms with van der Waals surface area (Å²) in [5.41, 5.74) is -0.217. The van der Waals surface area contributed by atoms with E-state index in [1.807, 2.05) is 13.8 Å². The molecule has 1 fully saturated rings. The Kier molecular flexibility index (Phi) is 2.49. The topological polar surface area (TPSA) is 20.2 Å². The summed E-state index contributed by atoms with van der Waals surface area (Å²) in [5.74, 6) is -4.12. The van der Waals surface area contributed by atoms with Gasteiger partial charge in [0.15, 0.2) is 17.5 Å². The van der Waals surface area contributed by atoms with Gasteiger partial charge < -0.3 is 5.11 Å². The molecule has 0 aliphatic heterocycles. The Labute approximate surface area is 91.9 Å². The third-order valence-electron chi connectivity index (χ3n) is 3.35. The number of aliphatic hydroxyl groups is 1. The lowest BCUT2D eigenvalue weighted by Crippen LogP contribution is -2.09. The summed E-state index contributed by atoms with van der Waals surface area (Å²) >= 11 is 0. The third-order valence-corrected chi connectivity index (χ3v) is 3.35. The summed E-state index contributed by atoms with van der Waals surface area (Å²) in [4.78, 5) is 0. The Hall–Kier alpha value is -1.03. The van der Waals surface area contributed by atoms with Crippen LogP contribution < -0.4 is 0 Å². The second kappa shape index (κ2) is 3.48. The van der Waals surface area contributed by atoms with Crippen molar-refractivity contribution in [3.05, 3.63) is 35.1 Å². The van der Waals surface area contributed by atoms with Gasteiger partial charge >= 0.3 is 0 Å². The number of hydrogen-bond acceptors (Lipinski definition) is 1. The smallest absolute Gasteiger partial charge is 0.194 e. The molecule has 1 aromatic carbocycles. The summed E-state index contributed by atoms with van der Waals surface area (Å²) in [6, 6.07) is 1.94. The molecule has 2 unspecified atom stereocenters. The summed E-state index contributed by atoms with van der Waals surface area (Å²) in [5, 5.41) is 9.86. The molecule has 0 bridgehead atoms. The van der Waals surface area contributed by atoms with Crippen LogP contribution >= 0.6 is 0 Å². The van der Waals surface area contributed by atoms with Crippen LogP contribution in [0.25, 0.3) is 0 Å². The second-order valence-corrected chi connectivity index (χ2v) is 5.01. The predicted molar refractivity (Wildman–Crippen MR) is 53.2 cm³/mol. The van der Waals surface area contributed by atoms with Crippen LogP contribution in [-0.2, 0) is 0 Å². The van der Waals surface area contributed by atoms with E-state index in [4.69, 9.17) is 0 Å². The van der Waals surface area contributed by atoms with Gasteiger partial charge in [-0.3, -0.25) is 0 Å². The molecule has 1 aliphatic carbocycles. The Morgan fingerprint density at radius 3 is 2.31 bits per heavy atom. The maximum Gasteiger partial charge on any atom is 0.194 e. The minimum atomic E-state index is -1.52. The number of halogens is 3. The molecule has 0 aromatic heterocycles. The molecule has 1 saturated carbocycles. The van der Waals surface area contributed by atoms with E-state index in [1.54, 1.807) is 0 Å². The van der Waals surface area contributed by atoms with Gasteiger partial charge in [0.2, 0.25) is 0 Å². The fraction of sp³-hybridized carbons (Fsp3) is 0.500. The molecule has 0 amide bonds. The molecule has 88 valence electrons. The van der Waals surface area contributed by atoms with E-state index in [2.05, 4.69) is 0 Å². The van der Waals surface area contributed by atoms with Gasteiger partial charge in [0.1, 0.15) is 0 Å². The summed E-state index contributed by atoms with van der Waals surface area (Å²) < 4.78 is 39.0. The van der Waals surface area contributed by atoms with Crippen molar-refractivity contribution in [2.24, 2.45) is 11.3 Å². The molecule has 0 heterocycles. The predicted octanol–water partition coefficient (Wildman–Crippen LogP) is 3.18. The van der Waals surface area contributed by atoms with Gasteiger partial charge in [0.25, 0.3) is 0 Å². The lowest BCUT2D eigenvalue weighted by Gasteiger charge is -2.14. The zero-order valence-electron chi connectivity index (χ0n) is 9.10. The lowest BCUT2D eigenvalue weighted by atomic mass is 9.99. The molecule has 1 aliphatic rings. The van der Waals surface area contributed by atoms with E-state index in [1.165, 1.54) is 0 Å². The summed E-state index contributed by atoms with van der Waals surface area (Å²) in [7, 11) is 0. The highest BCUT2D eigenvalue weighted by Crippen LogP contribution is 2.57. The Bertz CT molecular complexity index is 429. The van der Waals surface area contributed by atoms with Crippen molar-refractivity contribution in [1.82, 2.24) is 0 Å². The van der Waals surface area contributed by atoms with E-state index in [-0.39, 0.29) is 16.9 Å². The first-order valence-corrected chi connectivity index (χ1v) is 5.16. The quantitative estimate of drug-likeness (QED) is 0.773. The third kappa shape index (κ3) is 1.71. The van der Waals surface area contributed by atoms with Crippen LogP contribution in [0.4, 0.5) is 13.2 Å². The molecule has 0 spiro atoms. The average molecular weight is 230 g/mol. The SMILES string of the molecule is CC1(C)CC1C(O)c1ccc(F)c(F)c1F. The monoisotopic (exact) mass is 230 g/mol. The minimum absolute atomic E-state index is 0.0588. The molecule has 0 saturated heterocycles. The van der Waals surface area contributed by atoms with E-state index < -0.39 is 23.6 Å². The van der Waals surface area contributed by atoms with E-state index in [0.29, 0.717) is 0 Å². The number of aliphatic hydroxyl groups excluding tert-OH is 1. The molecule has 1 N–H and O–H groups in total. The van der Waals surface area contributed by atoms with E-state index in [9.17, 15) is 18.3 Å². The van der Waals surface area contributed by atoms with Gasteiger partial charge in [0, 0.05) is 5.56 Å². The van der Waals surface area contributed by atoms with Crippen LogP contribution in [0.3, 0.4) is 0 Å². The Balaban J connectivity index is 2.32. The van der Waals surface area contributed by atoms with Gasteiger partial charge in [-0.2, -0.15) is 0 Å². The minimum Gasteiger partial charge on any atom is -0.388 e. The molecule has 2 rings (SSSR count). The van der Waals surface area contributed by atoms with Crippen LogP contribution in [0.2, 0.25) is 0 Å². The summed E-state index contributed by atoms with van der Waals surface area (Å²) in [6.07, 6.45) is -0.308. The lowest BCUT2D eigenvalue weighted by molar-refractivity contribution is 0.133. The zero-order chi connectivity index (χ0) is 12.1. The van der Waals surface area contributed by atoms with Gasteiger partial charge in [-0.25, -0.2) is 13.2 Å². The first kappa shape index (κ1) is 11.5. The zero-order valence-corrected chi connectivity index (χ0v) is 9.10. The highest BCUT2D eigenvalue weighted by Gasteiger charge is 2.50. The second-order valence-electron chi connectivity index (χ2n) is 5.01. The fourth-order valence-electron chi connectivity index (χ4n) is 2.03. The first-order chi connectivity index (χ1) is 7.34. The number of benzene rings is 1. The van der Waals surface area contributed by atoms with Crippen LogP contribution in [0, 0.1) is 28.8 Å². The van der Waals surface area contributed by atoms with Crippen LogP contribution in [-0.4, -0.2) is 5.11 Å². The maximum absolute atomic E-state index is 13.4. The van der Waals surface area contributed by atoms with Crippen LogP contribution in [0.15, 0.2) is 12.1 Å². The highest BCUT2D eigenvalue weighted by atomic mass is 19.2. The average Bonchev–Trinajstić information content (AvgIpc) is 2.84. The van der Waals surface area contributed by atoms with Crippen molar-refractivity contribution in [2.45, 2.75) is 26.4 Å². The standard InChI is InChI=1S/C12H13F3O/c1-12(2)5-7(12)11(16)6-3-4-8(13)10(15)9(6)14/h3-4,7,11,16H,5H2,1-2H3. The molecular formula is C12H13F3O. The molecule has 1 nitrogen and oxygen atoms in total. The first-order valence-electron chi connectivity index (χ1n) is 5.16. The summed E-state index contributed by atoms with van der Waals surface area (Å²) in [6.45, 7) is 3.89. The molecule has 16 heavy (non-hydrogen) atoms. The number of hydrogen-bond donors (Lipinski definition) is 1. The maximum atomic E-state index is 13.4. The Morgan fingerprint density at radius 2 is 1.81 bits per heavy atom. The van der Waals surface area contributed by atoms with Crippen molar-refractivity contribution in [3.63, 3.8) is 0 Å². The van der Waals surface area contributed by atoms with E-state index in [0.717, 1.165) is 18.6 Å². The van der Waals surface area contributed by atoms with Crippen molar-refractivity contribution in [2.75, 3.05) is 0 Å². The van der Waals surface area contributed by atoms with Crippen LogP contribution in [0.1, 0.15) is 31.9 Å². The van der Waals surface area contributed by atoms with Crippen molar-refractivity contribution >= 4 is 0 Å². The van der Waals surface area contributed by atoms with Crippen molar-refractivity contribution in [1.29, 1.82) is 0 Å². The molecular weight excluding hydrogens is 217 g/mol.